The number of benzene rings is 7. The van der Waals surface area contributed by atoms with E-state index >= 15 is 0 Å². The average Bonchev–Trinajstić information content (AvgIpc) is 3.68. The van der Waals surface area contributed by atoms with Crippen LogP contribution in [-0.4, -0.2) is 19.1 Å². The Hall–Kier alpha value is -6.52. The van der Waals surface area contributed by atoms with Crippen molar-refractivity contribution < 1.29 is 0 Å². The van der Waals surface area contributed by atoms with Gasteiger partial charge in [0.1, 0.15) is 5.82 Å². The molecule has 0 spiro atoms. The standard InChI is InChI=1S/C44H28N4/c1-3-15-30(16-4-1)35-28-41(46-44(45-35)31-17-5-2-6-18-31)48-38-24-12-10-22-34(38)43-40(48)27-26-39-42(43)33-21-9-11-23-37(33)47(39)36-25-13-19-29-14-7-8-20-32(29)36/h1-28H. The Morgan fingerprint density at radius 2 is 0.917 bits per heavy atom. The Morgan fingerprint density at radius 1 is 0.375 bits per heavy atom. The van der Waals surface area contributed by atoms with Gasteiger partial charge in [0.2, 0.25) is 0 Å². The molecule has 0 radical (unpaired) electrons. The summed E-state index contributed by atoms with van der Waals surface area (Å²) in [6.07, 6.45) is 0. The van der Waals surface area contributed by atoms with Gasteiger partial charge in [-0.3, -0.25) is 4.57 Å². The van der Waals surface area contributed by atoms with E-state index in [4.69, 9.17) is 9.97 Å². The van der Waals surface area contributed by atoms with Crippen LogP contribution in [0.1, 0.15) is 0 Å². The van der Waals surface area contributed by atoms with Crippen molar-refractivity contribution in [3.8, 4) is 34.2 Å². The zero-order chi connectivity index (χ0) is 31.6. The molecule has 224 valence electrons. The lowest BCUT2D eigenvalue weighted by molar-refractivity contribution is 1.05. The van der Waals surface area contributed by atoms with Gasteiger partial charge in [0, 0.05) is 44.1 Å². The van der Waals surface area contributed by atoms with Crippen LogP contribution in [0.3, 0.4) is 0 Å². The molecule has 0 saturated carbocycles. The predicted molar refractivity (Wildman–Crippen MR) is 199 cm³/mol. The van der Waals surface area contributed by atoms with Crippen molar-refractivity contribution in [3.05, 3.63) is 170 Å². The monoisotopic (exact) mass is 612 g/mol. The maximum absolute atomic E-state index is 5.25. The maximum atomic E-state index is 5.25. The SMILES string of the molecule is c1ccc(-c2cc(-n3c4ccccc4c4c5c6ccccc6n(-c6cccc7ccccc67)c5ccc43)nc(-c3ccccc3)n2)cc1. The van der Waals surface area contributed by atoms with Gasteiger partial charge in [0.15, 0.2) is 5.82 Å². The van der Waals surface area contributed by atoms with Gasteiger partial charge in [-0.15, -0.1) is 0 Å². The van der Waals surface area contributed by atoms with Crippen molar-refractivity contribution in [2.75, 3.05) is 0 Å². The van der Waals surface area contributed by atoms with E-state index in [0.717, 1.165) is 33.7 Å². The summed E-state index contributed by atoms with van der Waals surface area (Å²) >= 11 is 0. The molecule has 0 bridgehead atoms. The van der Waals surface area contributed by atoms with E-state index in [9.17, 15) is 0 Å². The molecule has 0 aliphatic carbocycles. The van der Waals surface area contributed by atoms with Crippen LogP contribution in [0.5, 0.6) is 0 Å². The minimum atomic E-state index is 0.700. The highest BCUT2D eigenvalue weighted by Gasteiger charge is 2.22. The molecule has 10 aromatic rings. The van der Waals surface area contributed by atoms with Crippen LogP contribution in [0.4, 0.5) is 0 Å². The number of hydrogen-bond donors (Lipinski definition) is 0. The Morgan fingerprint density at radius 3 is 1.62 bits per heavy atom. The highest BCUT2D eigenvalue weighted by molar-refractivity contribution is 6.29. The van der Waals surface area contributed by atoms with Gasteiger partial charge in [-0.05, 0) is 35.7 Å². The minimum Gasteiger partial charge on any atom is -0.309 e. The van der Waals surface area contributed by atoms with E-state index in [1.807, 2.05) is 24.3 Å². The topological polar surface area (TPSA) is 35.6 Å². The molecule has 48 heavy (non-hydrogen) atoms. The third kappa shape index (κ3) is 3.96. The summed E-state index contributed by atoms with van der Waals surface area (Å²) in [6, 6.07) is 60.0. The van der Waals surface area contributed by atoms with Gasteiger partial charge >= 0.3 is 0 Å². The van der Waals surface area contributed by atoms with Gasteiger partial charge in [0.05, 0.1) is 33.4 Å². The van der Waals surface area contributed by atoms with Gasteiger partial charge in [-0.1, -0.05) is 133 Å². The number of hydrogen-bond acceptors (Lipinski definition) is 2. The summed E-state index contributed by atoms with van der Waals surface area (Å²) in [5, 5.41) is 7.34. The normalized spacial score (nSPS) is 11.8. The molecular formula is C44H28N4. The smallest absolute Gasteiger partial charge is 0.162 e. The Bertz CT molecular complexity index is 2760. The lowest BCUT2D eigenvalue weighted by Crippen LogP contribution is -2.02. The number of aromatic nitrogens is 4. The molecule has 3 aromatic heterocycles. The van der Waals surface area contributed by atoms with E-state index in [-0.39, 0.29) is 0 Å². The molecule has 0 unspecified atom stereocenters. The highest BCUT2D eigenvalue weighted by atomic mass is 15.1. The van der Waals surface area contributed by atoms with Crippen LogP contribution < -0.4 is 0 Å². The number of rotatable bonds is 4. The van der Waals surface area contributed by atoms with Crippen LogP contribution in [-0.2, 0) is 0 Å². The molecule has 7 aromatic carbocycles. The molecule has 0 aliphatic rings. The van der Waals surface area contributed by atoms with E-state index < -0.39 is 0 Å². The van der Waals surface area contributed by atoms with Crippen molar-refractivity contribution in [3.63, 3.8) is 0 Å². The van der Waals surface area contributed by atoms with Crippen LogP contribution in [0.15, 0.2) is 170 Å². The zero-order valence-corrected chi connectivity index (χ0v) is 26.0. The fraction of sp³-hybridized carbons (Fsp3) is 0. The van der Waals surface area contributed by atoms with Crippen molar-refractivity contribution in [2.24, 2.45) is 0 Å². The first kappa shape index (κ1) is 26.7. The molecule has 0 atom stereocenters. The summed E-state index contributed by atoms with van der Waals surface area (Å²) in [5.74, 6) is 1.54. The second-order valence-corrected chi connectivity index (χ2v) is 12.2. The van der Waals surface area contributed by atoms with Gasteiger partial charge in [-0.2, -0.15) is 0 Å². The third-order valence-corrected chi connectivity index (χ3v) is 9.52. The summed E-state index contributed by atoms with van der Waals surface area (Å²) in [4.78, 5) is 10.3. The van der Waals surface area contributed by atoms with Crippen LogP contribution in [0.25, 0.3) is 88.5 Å². The molecule has 0 saturated heterocycles. The molecule has 0 amide bonds. The number of para-hydroxylation sites is 2. The average molecular weight is 613 g/mol. The van der Waals surface area contributed by atoms with Crippen molar-refractivity contribution in [1.29, 1.82) is 0 Å². The summed E-state index contributed by atoms with van der Waals surface area (Å²) in [7, 11) is 0. The zero-order valence-electron chi connectivity index (χ0n) is 26.0. The maximum Gasteiger partial charge on any atom is 0.162 e. The molecule has 4 nitrogen and oxygen atoms in total. The first-order valence-electron chi connectivity index (χ1n) is 16.3. The largest absolute Gasteiger partial charge is 0.309 e. The van der Waals surface area contributed by atoms with Gasteiger partial charge < -0.3 is 4.57 Å². The van der Waals surface area contributed by atoms with Crippen molar-refractivity contribution >= 4 is 54.4 Å². The van der Waals surface area contributed by atoms with E-state index in [2.05, 4.69) is 155 Å². The number of nitrogens with zero attached hydrogens (tertiary/aromatic N) is 4. The Balaban J connectivity index is 1.33. The van der Waals surface area contributed by atoms with Gasteiger partial charge in [0.25, 0.3) is 0 Å². The number of fused-ring (bicyclic) bond motifs is 8. The molecule has 4 heteroatoms. The lowest BCUT2D eigenvalue weighted by Gasteiger charge is -2.13. The van der Waals surface area contributed by atoms with Gasteiger partial charge in [-0.25, -0.2) is 9.97 Å². The third-order valence-electron chi connectivity index (χ3n) is 9.52. The molecule has 0 fully saturated rings. The summed E-state index contributed by atoms with van der Waals surface area (Å²) in [5.41, 5.74) is 8.70. The molecule has 0 N–H and O–H groups in total. The van der Waals surface area contributed by atoms with Crippen LogP contribution in [0.2, 0.25) is 0 Å². The Labute approximate surface area is 276 Å². The molecule has 10 rings (SSSR count). The quantitative estimate of drug-likeness (QED) is 0.198. The van der Waals surface area contributed by atoms with E-state index in [1.165, 1.54) is 49.0 Å². The van der Waals surface area contributed by atoms with E-state index in [0.29, 0.717) is 5.82 Å². The summed E-state index contributed by atoms with van der Waals surface area (Å²) < 4.78 is 4.75. The predicted octanol–water partition coefficient (Wildman–Crippen LogP) is 11.2. The van der Waals surface area contributed by atoms with Crippen LogP contribution >= 0.6 is 0 Å². The van der Waals surface area contributed by atoms with Crippen molar-refractivity contribution in [2.45, 2.75) is 0 Å². The second kappa shape index (κ2) is 10.5. The molecule has 0 aliphatic heterocycles. The molecule has 3 heterocycles. The first-order valence-corrected chi connectivity index (χ1v) is 16.3. The van der Waals surface area contributed by atoms with Crippen LogP contribution in [0, 0.1) is 0 Å². The Kier molecular flexibility index (Phi) is 5.84. The second-order valence-electron chi connectivity index (χ2n) is 12.2. The van der Waals surface area contributed by atoms with E-state index in [1.54, 1.807) is 0 Å². The highest BCUT2D eigenvalue weighted by Crippen LogP contribution is 2.43. The van der Waals surface area contributed by atoms with Crippen molar-refractivity contribution in [1.82, 2.24) is 19.1 Å². The fourth-order valence-corrected chi connectivity index (χ4v) is 7.45. The first-order chi connectivity index (χ1) is 23.8. The summed E-state index contributed by atoms with van der Waals surface area (Å²) in [6.45, 7) is 0. The minimum absolute atomic E-state index is 0.700. The molecular weight excluding hydrogens is 585 g/mol. The lowest BCUT2D eigenvalue weighted by atomic mass is 10.1. The fourth-order valence-electron chi connectivity index (χ4n) is 7.45.